The second-order valence-corrected chi connectivity index (χ2v) is 4.66. The van der Waals surface area contributed by atoms with Gasteiger partial charge in [-0.2, -0.15) is 0 Å². The van der Waals surface area contributed by atoms with Crippen molar-refractivity contribution in [1.82, 2.24) is 0 Å². The number of hydrogen-bond donors (Lipinski definition) is 1. The van der Waals surface area contributed by atoms with E-state index in [0.717, 1.165) is 11.8 Å². The molecule has 2 aliphatic rings. The van der Waals surface area contributed by atoms with Crippen LogP contribution in [0.3, 0.4) is 0 Å². The molecule has 2 rings (SSSR count). The molecule has 2 aliphatic carbocycles. The molecular formula is C11H21N. The van der Waals surface area contributed by atoms with Crippen LogP contribution in [0.2, 0.25) is 0 Å². The fourth-order valence-corrected chi connectivity index (χ4v) is 3.17. The summed E-state index contributed by atoms with van der Waals surface area (Å²) in [5.74, 6) is 1.89. The molecule has 2 fully saturated rings. The van der Waals surface area contributed by atoms with Crippen LogP contribution in [0, 0.1) is 11.8 Å². The molecule has 2 N–H and O–H groups in total. The summed E-state index contributed by atoms with van der Waals surface area (Å²) in [6.07, 6.45) is 11.5. The summed E-state index contributed by atoms with van der Waals surface area (Å²) in [6, 6.07) is 0.549. The van der Waals surface area contributed by atoms with Crippen molar-refractivity contribution in [2.24, 2.45) is 17.6 Å². The van der Waals surface area contributed by atoms with Crippen molar-refractivity contribution in [3.8, 4) is 0 Å². The molecule has 0 aromatic rings. The van der Waals surface area contributed by atoms with Crippen molar-refractivity contribution in [3.63, 3.8) is 0 Å². The summed E-state index contributed by atoms with van der Waals surface area (Å²) >= 11 is 0. The number of nitrogens with two attached hydrogens (primary N) is 1. The van der Waals surface area contributed by atoms with Gasteiger partial charge in [-0.1, -0.05) is 38.5 Å². The first-order chi connectivity index (χ1) is 5.88. The third-order valence-corrected chi connectivity index (χ3v) is 3.88. The third-order valence-electron chi connectivity index (χ3n) is 3.88. The van der Waals surface area contributed by atoms with Crippen LogP contribution in [0.5, 0.6) is 0 Å². The molecule has 2 saturated carbocycles. The van der Waals surface area contributed by atoms with Crippen LogP contribution in [0.1, 0.15) is 51.4 Å². The molecule has 0 heterocycles. The van der Waals surface area contributed by atoms with Crippen molar-refractivity contribution in [1.29, 1.82) is 0 Å². The highest BCUT2D eigenvalue weighted by atomic mass is 14.7. The molecule has 0 aliphatic heterocycles. The zero-order valence-corrected chi connectivity index (χ0v) is 7.97. The van der Waals surface area contributed by atoms with Gasteiger partial charge >= 0.3 is 0 Å². The molecule has 0 saturated heterocycles. The van der Waals surface area contributed by atoms with Gasteiger partial charge in [-0.15, -0.1) is 0 Å². The highest BCUT2D eigenvalue weighted by molar-refractivity contribution is 4.86. The Morgan fingerprint density at radius 1 is 0.750 bits per heavy atom. The highest BCUT2D eigenvalue weighted by Gasteiger charge is 2.31. The van der Waals surface area contributed by atoms with E-state index < -0.39 is 0 Å². The molecule has 2 atom stereocenters. The van der Waals surface area contributed by atoms with Gasteiger partial charge in [0.1, 0.15) is 0 Å². The summed E-state index contributed by atoms with van der Waals surface area (Å²) in [5.41, 5.74) is 6.11. The molecule has 0 aromatic carbocycles. The molecule has 1 unspecified atom stereocenters. The van der Waals surface area contributed by atoms with E-state index in [4.69, 9.17) is 5.73 Å². The van der Waals surface area contributed by atoms with Crippen molar-refractivity contribution in [2.45, 2.75) is 57.4 Å². The molecule has 70 valence electrons. The Labute approximate surface area is 75.7 Å². The minimum absolute atomic E-state index is 0.549. The Balaban J connectivity index is 1.89. The molecule has 0 bridgehead atoms. The van der Waals surface area contributed by atoms with Gasteiger partial charge < -0.3 is 5.73 Å². The number of hydrogen-bond acceptors (Lipinski definition) is 1. The third kappa shape index (κ3) is 1.66. The Bertz CT molecular complexity index is 138. The van der Waals surface area contributed by atoms with Gasteiger partial charge in [0, 0.05) is 6.04 Å². The minimum atomic E-state index is 0.549. The SMILES string of the molecule is N[C@H]1CCCC1C1CCCCC1. The van der Waals surface area contributed by atoms with Crippen LogP contribution in [0.15, 0.2) is 0 Å². The maximum Gasteiger partial charge on any atom is 0.00698 e. The summed E-state index contributed by atoms with van der Waals surface area (Å²) in [5, 5.41) is 0. The predicted octanol–water partition coefficient (Wildman–Crippen LogP) is 2.69. The lowest BCUT2D eigenvalue weighted by molar-refractivity contribution is 0.234. The molecule has 1 nitrogen and oxygen atoms in total. The zero-order valence-electron chi connectivity index (χ0n) is 7.97. The van der Waals surface area contributed by atoms with E-state index in [1.807, 2.05) is 0 Å². The smallest absolute Gasteiger partial charge is 0.00698 e. The summed E-state index contributed by atoms with van der Waals surface area (Å²) in [6.45, 7) is 0. The van der Waals surface area contributed by atoms with Crippen molar-refractivity contribution in [2.75, 3.05) is 0 Å². The first kappa shape index (κ1) is 8.55. The van der Waals surface area contributed by atoms with Gasteiger partial charge in [0.15, 0.2) is 0 Å². The van der Waals surface area contributed by atoms with Gasteiger partial charge in [0.05, 0.1) is 0 Å². The first-order valence-corrected chi connectivity index (χ1v) is 5.63. The Hall–Kier alpha value is -0.0400. The largest absolute Gasteiger partial charge is 0.327 e. The summed E-state index contributed by atoms with van der Waals surface area (Å²) in [7, 11) is 0. The lowest BCUT2D eigenvalue weighted by Gasteiger charge is -2.29. The Morgan fingerprint density at radius 3 is 2.08 bits per heavy atom. The predicted molar refractivity (Wildman–Crippen MR) is 51.9 cm³/mol. The summed E-state index contributed by atoms with van der Waals surface area (Å²) < 4.78 is 0. The van der Waals surface area contributed by atoms with E-state index in [9.17, 15) is 0 Å². The van der Waals surface area contributed by atoms with E-state index in [1.165, 1.54) is 51.4 Å². The van der Waals surface area contributed by atoms with Crippen LogP contribution < -0.4 is 5.73 Å². The van der Waals surface area contributed by atoms with Gasteiger partial charge in [0.25, 0.3) is 0 Å². The minimum Gasteiger partial charge on any atom is -0.327 e. The van der Waals surface area contributed by atoms with E-state index in [1.54, 1.807) is 0 Å². The second kappa shape index (κ2) is 3.78. The van der Waals surface area contributed by atoms with Crippen molar-refractivity contribution in [3.05, 3.63) is 0 Å². The number of rotatable bonds is 1. The van der Waals surface area contributed by atoms with Crippen molar-refractivity contribution < 1.29 is 0 Å². The quantitative estimate of drug-likeness (QED) is 0.638. The topological polar surface area (TPSA) is 26.0 Å². The van der Waals surface area contributed by atoms with Gasteiger partial charge in [-0.25, -0.2) is 0 Å². The average molecular weight is 167 g/mol. The van der Waals surface area contributed by atoms with Crippen LogP contribution in [-0.4, -0.2) is 6.04 Å². The lowest BCUT2D eigenvalue weighted by Crippen LogP contribution is -2.31. The molecular weight excluding hydrogens is 146 g/mol. The Morgan fingerprint density at radius 2 is 1.50 bits per heavy atom. The standard InChI is InChI=1S/C11H21N/c12-11-8-4-7-10(11)9-5-2-1-3-6-9/h9-11H,1-8,12H2/t10?,11-/m0/s1. The average Bonchev–Trinajstić information content (AvgIpc) is 2.53. The van der Waals surface area contributed by atoms with E-state index in [0.29, 0.717) is 6.04 Å². The van der Waals surface area contributed by atoms with E-state index in [-0.39, 0.29) is 0 Å². The maximum atomic E-state index is 6.11. The Kier molecular flexibility index (Phi) is 2.69. The van der Waals surface area contributed by atoms with Gasteiger partial charge in [0.2, 0.25) is 0 Å². The molecule has 0 aromatic heterocycles. The van der Waals surface area contributed by atoms with Gasteiger partial charge in [-0.3, -0.25) is 0 Å². The molecule has 0 amide bonds. The molecule has 12 heavy (non-hydrogen) atoms. The van der Waals surface area contributed by atoms with Crippen LogP contribution in [-0.2, 0) is 0 Å². The second-order valence-electron chi connectivity index (χ2n) is 4.66. The molecule has 0 spiro atoms. The fourth-order valence-electron chi connectivity index (χ4n) is 3.17. The summed E-state index contributed by atoms with van der Waals surface area (Å²) in [4.78, 5) is 0. The molecule has 1 heteroatoms. The zero-order chi connectivity index (χ0) is 8.39. The first-order valence-electron chi connectivity index (χ1n) is 5.63. The fraction of sp³-hybridized carbons (Fsp3) is 1.00. The highest BCUT2D eigenvalue weighted by Crippen LogP contribution is 2.38. The van der Waals surface area contributed by atoms with Crippen LogP contribution in [0.25, 0.3) is 0 Å². The normalized spacial score (nSPS) is 38.8. The van der Waals surface area contributed by atoms with Gasteiger partial charge in [-0.05, 0) is 24.7 Å². The van der Waals surface area contributed by atoms with Crippen LogP contribution in [0.4, 0.5) is 0 Å². The maximum absolute atomic E-state index is 6.11. The van der Waals surface area contributed by atoms with Crippen molar-refractivity contribution >= 4 is 0 Å². The lowest BCUT2D eigenvalue weighted by atomic mass is 9.78. The van der Waals surface area contributed by atoms with E-state index in [2.05, 4.69) is 0 Å². The van der Waals surface area contributed by atoms with E-state index >= 15 is 0 Å². The monoisotopic (exact) mass is 167 g/mol. The molecule has 0 radical (unpaired) electrons. The van der Waals surface area contributed by atoms with Crippen LogP contribution >= 0.6 is 0 Å².